The molecular formula is C13H18N2O5. The number of likely N-dealkylation sites (N-methyl/N-ethyl adjacent to an activating group) is 1. The molecule has 0 aliphatic carbocycles. The Bertz CT molecular complexity index is 486. The number of aliphatic hydroxyl groups excluding tert-OH is 1. The van der Waals surface area contributed by atoms with Gasteiger partial charge in [0.15, 0.2) is 12.4 Å². The normalized spacial score (nSPS) is 10.2. The molecule has 1 aromatic rings. The minimum absolute atomic E-state index is 0.0120. The molecule has 0 saturated heterocycles. The van der Waals surface area contributed by atoms with Gasteiger partial charge in [0.05, 0.1) is 11.5 Å². The van der Waals surface area contributed by atoms with E-state index >= 15 is 0 Å². The number of amides is 1. The molecule has 0 bridgehead atoms. The lowest BCUT2D eigenvalue weighted by Crippen LogP contribution is -2.34. The molecule has 0 spiro atoms. The molecule has 1 aromatic carbocycles. The van der Waals surface area contributed by atoms with Crippen molar-refractivity contribution < 1.29 is 19.6 Å². The van der Waals surface area contributed by atoms with E-state index in [0.29, 0.717) is 18.7 Å². The molecule has 20 heavy (non-hydrogen) atoms. The molecule has 0 aliphatic rings. The van der Waals surface area contributed by atoms with Crippen molar-refractivity contribution in [1.82, 2.24) is 4.90 Å². The van der Waals surface area contributed by atoms with Gasteiger partial charge in [0.25, 0.3) is 5.91 Å². The molecule has 0 radical (unpaired) electrons. The van der Waals surface area contributed by atoms with Crippen molar-refractivity contribution in [3.63, 3.8) is 0 Å². The number of nitro groups is 1. The van der Waals surface area contributed by atoms with Crippen LogP contribution >= 0.6 is 0 Å². The monoisotopic (exact) mass is 282 g/mol. The molecule has 0 aromatic heterocycles. The van der Waals surface area contributed by atoms with Gasteiger partial charge in [-0.05, 0) is 31.5 Å². The largest absolute Gasteiger partial charge is 0.477 e. The van der Waals surface area contributed by atoms with Crippen LogP contribution in [0.5, 0.6) is 5.75 Å². The van der Waals surface area contributed by atoms with Crippen molar-refractivity contribution in [2.45, 2.75) is 20.5 Å². The van der Waals surface area contributed by atoms with E-state index in [4.69, 9.17) is 9.84 Å². The number of nitro benzene ring substituents is 1. The van der Waals surface area contributed by atoms with E-state index in [0.717, 1.165) is 0 Å². The lowest BCUT2D eigenvalue weighted by Gasteiger charge is -2.18. The second-order valence-electron chi connectivity index (χ2n) is 4.07. The van der Waals surface area contributed by atoms with Crippen LogP contribution in [0.15, 0.2) is 18.2 Å². The van der Waals surface area contributed by atoms with Crippen molar-refractivity contribution in [1.29, 1.82) is 0 Å². The summed E-state index contributed by atoms with van der Waals surface area (Å²) in [6.07, 6.45) is 0. The van der Waals surface area contributed by atoms with E-state index < -0.39 is 4.92 Å². The first-order chi connectivity index (χ1) is 9.53. The number of hydrogen-bond acceptors (Lipinski definition) is 5. The minimum Gasteiger partial charge on any atom is -0.477 e. The van der Waals surface area contributed by atoms with Crippen LogP contribution in [0, 0.1) is 10.1 Å². The van der Waals surface area contributed by atoms with E-state index in [9.17, 15) is 14.9 Å². The highest BCUT2D eigenvalue weighted by Gasteiger charge is 2.18. The Labute approximate surface area is 116 Å². The Balaban J connectivity index is 2.85. The van der Waals surface area contributed by atoms with E-state index in [2.05, 4.69) is 0 Å². The molecule has 0 heterocycles. The Kier molecular flexibility index (Phi) is 5.92. The average Bonchev–Trinajstić information content (AvgIpc) is 2.45. The molecule has 1 amide bonds. The van der Waals surface area contributed by atoms with Crippen LogP contribution in [0.25, 0.3) is 0 Å². The number of hydrogen-bond donors (Lipinski definition) is 1. The fourth-order valence-electron chi connectivity index (χ4n) is 1.73. The molecule has 0 atom stereocenters. The van der Waals surface area contributed by atoms with Gasteiger partial charge in [-0.1, -0.05) is 0 Å². The molecule has 7 nitrogen and oxygen atoms in total. The maximum Gasteiger partial charge on any atom is 0.310 e. The van der Waals surface area contributed by atoms with E-state index in [1.807, 2.05) is 13.8 Å². The summed E-state index contributed by atoms with van der Waals surface area (Å²) < 4.78 is 5.24. The number of ether oxygens (including phenoxy) is 1. The predicted octanol–water partition coefficient (Wildman–Crippen LogP) is 1.33. The highest BCUT2D eigenvalue weighted by Crippen LogP contribution is 2.28. The smallest absolute Gasteiger partial charge is 0.310 e. The van der Waals surface area contributed by atoms with Crippen molar-refractivity contribution in [3.8, 4) is 5.75 Å². The number of aliphatic hydroxyl groups is 1. The topological polar surface area (TPSA) is 92.9 Å². The molecule has 0 unspecified atom stereocenters. The third-order valence-electron chi connectivity index (χ3n) is 2.87. The van der Waals surface area contributed by atoms with Crippen molar-refractivity contribution in [2.75, 3.05) is 19.7 Å². The quantitative estimate of drug-likeness (QED) is 0.601. The third-order valence-corrected chi connectivity index (χ3v) is 2.87. The first kappa shape index (κ1) is 15.9. The van der Waals surface area contributed by atoms with Crippen molar-refractivity contribution in [3.05, 3.63) is 33.9 Å². The van der Waals surface area contributed by atoms with Crippen molar-refractivity contribution >= 4 is 11.6 Å². The zero-order valence-corrected chi connectivity index (χ0v) is 11.5. The molecule has 7 heteroatoms. The SMILES string of the molecule is CCN(CC)C(=O)COc1cc(CO)ccc1[N+](=O)[O-]. The van der Waals surface area contributed by atoms with Gasteiger partial charge >= 0.3 is 5.69 Å². The lowest BCUT2D eigenvalue weighted by molar-refractivity contribution is -0.385. The summed E-state index contributed by atoms with van der Waals surface area (Å²) in [6, 6.07) is 4.06. The van der Waals surface area contributed by atoms with Crippen LogP contribution in [-0.4, -0.2) is 40.5 Å². The average molecular weight is 282 g/mol. The van der Waals surface area contributed by atoms with Crippen LogP contribution in [0.3, 0.4) is 0 Å². The van der Waals surface area contributed by atoms with Crippen molar-refractivity contribution in [2.24, 2.45) is 0 Å². The van der Waals surface area contributed by atoms with Gasteiger partial charge in [0, 0.05) is 19.2 Å². The summed E-state index contributed by atoms with van der Waals surface area (Å²) in [5.41, 5.74) is 0.260. The minimum atomic E-state index is -0.585. The maximum atomic E-state index is 11.8. The fourth-order valence-corrected chi connectivity index (χ4v) is 1.73. The van der Waals surface area contributed by atoms with Gasteiger partial charge in [-0.25, -0.2) is 0 Å². The zero-order chi connectivity index (χ0) is 15.1. The van der Waals surface area contributed by atoms with Gasteiger partial charge in [0.1, 0.15) is 0 Å². The summed E-state index contributed by atoms with van der Waals surface area (Å²) in [4.78, 5) is 23.7. The van der Waals surface area contributed by atoms with Gasteiger partial charge in [-0.3, -0.25) is 14.9 Å². The van der Waals surface area contributed by atoms with Crippen LogP contribution in [0.4, 0.5) is 5.69 Å². The molecule has 0 saturated carbocycles. The second kappa shape index (κ2) is 7.44. The third kappa shape index (κ3) is 3.92. The van der Waals surface area contributed by atoms with E-state index in [1.165, 1.54) is 18.2 Å². The molecule has 1 N–H and O–H groups in total. The van der Waals surface area contributed by atoms with Gasteiger partial charge in [0.2, 0.25) is 0 Å². The summed E-state index contributed by atoms with van der Waals surface area (Å²) in [5.74, 6) is -0.249. The highest BCUT2D eigenvalue weighted by molar-refractivity contribution is 5.77. The molecule has 0 fully saturated rings. The molecule has 110 valence electrons. The number of benzene rings is 1. The summed E-state index contributed by atoms with van der Waals surface area (Å²) in [7, 11) is 0. The highest BCUT2D eigenvalue weighted by atomic mass is 16.6. The van der Waals surface area contributed by atoms with Gasteiger partial charge < -0.3 is 14.7 Å². The zero-order valence-electron chi connectivity index (χ0n) is 11.5. The second-order valence-corrected chi connectivity index (χ2v) is 4.07. The Morgan fingerprint density at radius 3 is 2.55 bits per heavy atom. The van der Waals surface area contributed by atoms with Gasteiger partial charge in [-0.2, -0.15) is 0 Å². The number of rotatable bonds is 7. The fraction of sp³-hybridized carbons (Fsp3) is 0.462. The van der Waals surface area contributed by atoms with Gasteiger partial charge in [-0.15, -0.1) is 0 Å². The summed E-state index contributed by atoms with van der Waals surface area (Å²) in [6.45, 7) is 4.27. The lowest BCUT2D eigenvalue weighted by atomic mass is 10.2. The van der Waals surface area contributed by atoms with E-state index in [1.54, 1.807) is 4.90 Å². The molecule has 1 rings (SSSR count). The summed E-state index contributed by atoms with van der Waals surface area (Å²) in [5, 5.41) is 19.9. The maximum absolute atomic E-state index is 11.8. The number of carbonyl (C=O) groups is 1. The Morgan fingerprint density at radius 2 is 2.05 bits per heavy atom. The summed E-state index contributed by atoms with van der Waals surface area (Å²) >= 11 is 0. The predicted molar refractivity (Wildman–Crippen MR) is 72.4 cm³/mol. The molecule has 0 aliphatic heterocycles. The van der Waals surface area contributed by atoms with Crippen LogP contribution < -0.4 is 4.74 Å². The van der Waals surface area contributed by atoms with Crippen LogP contribution in [0.2, 0.25) is 0 Å². The Morgan fingerprint density at radius 1 is 1.40 bits per heavy atom. The Hall–Kier alpha value is -2.15. The van der Waals surface area contributed by atoms with E-state index in [-0.39, 0.29) is 30.6 Å². The first-order valence-electron chi connectivity index (χ1n) is 6.32. The van der Waals surface area contributed by atoms with Crippen LogP contribution in [-0.2, 0) is 11.4 Å². The first-order valence-corrected chi connectivity index (χ1v) is 6.32. The van der Waals surface area contributed by atoms with Crippen LogP contribution in [0.1, 0.15) is 19.4 Å². The number of carbonyl (C=O) groups excluding carboxylic acids is 1. The molecular weight excluding hydrogens is 264 g/mol. The standard InChI is InChI=1S/C13H18N2O5/c1-3-14(4-2)13(17)9-20-12-7-10(8-16)5-6-11(12)15(18)19/h5-7,16H,3-4,8-9H2,1-2H3. The number of nitrogens with zero attached hydrogens (tertiary/aromatic N) is 2.